The Hall–Kier alpha value is -1.13. The summed E-state index contributed by atoms with van der Waals surface area (Å²) in [6, 6.07) is 6.50. The maximum absolute atomic E-state index is 5.58. The van der Waals surface area contributed by atoms with Gasteiger partial charge in [0.2, 0.25) is 0 Å². The first-order chi connectivity index (χ1) is 7.95. The number of nitrogens with zero attached hydrogens (tertiary/aromatic N) is 1. The van der Waals surface area contributed by atoms with Crippen LogP contribution in [-0.2, 0) is 0 Å². The second-order valence-electron chi connectivity index (χ2n) is 5.42. The predicted molar refractivity (Wildman–Crippen MR) is 77.1 cm³/mol. The highest BCUT2D eigenvalue weighted by Crippen LogP contribution is 2.29. The van der Waals surface area contributed by atoms with E-state index in [1.807, 2.05) is 24.3 Å². The Bertz CT molecular complexity index is 705. The fourth-order valence-electron chi connectivity index (χ4n) is 1.98. The lowest BCUT2D eigenvalue weighted by molar-refractivity contribution is 0.561. The summed E-state index contributed by atoms with van der Waals surface area (Å²) in [5.41, 5.74) is 1.91. The smallest absolute Gasteiger partial charge is 0.192 e. The third-order valence-corrected chi connectivity index (χ3v) is 7.58. The minimum absolute atomic E-state index is 0.744. The molecule has 0 saturated heterocycles. The van der Waals surface area contributed by atoms with Gasteiger partial charge < -0.3 is 4.42 Å². The normalized spacial score (nSPS) is 12.7. The Kier molecular flexibility index (Phi) is 2.22. The first-order valence-corrected chi connectivity index (χ1v) is 10.1. The second kappa shape index (κ2) is 3.43. The predicted octanol–water partition coefficient (Wildman–Crippen LogP) is 3.90. The van der Waals surface area contributed by atoms with Crippen LogP contribution >= 0.6 is 11.3 Å². The molecule has 0 spiro atoms. The van der Waals surface area contributed by atoms with Gasteiger partial charge in [0, 0.05) is 17.0 Å². The van der Waals surface area contributed by atoms with E-state index in [-0.39, 0.29) is 0 Å². The van der Waals surface area contributed by atoms with E-state index in [0.29, 0.717) is 0 Å². The van der Waals surface area contributed by atoms with E-state index in [4.69, 9.17) is 4.42 Å². The second-order valence-corrected chi connectivity index (χ2v) is 11.9. The summed E-state index contributed by atoms with van der Waals surface area (Å²) in [5, 5.41) is 1.25. The van der Waals surface area contributed by atoms with Crippen molar-refractivity contribution in [1.82, 2.24) is 4.98 Å². The van der Waals surface area contributed by atoms with Crippen molar-refractivity contribution in [2.75, 3.05) is 0 Å². The van der Waals surface area contributed by atoms with Crippen molar-refractivity contribution in [2.24, 2.45) is 0 Å². The molecule has 2 heterocycles. The highest BCUT2D eigenvalue weighted by atomic mass is 32.1. The summed E-state index contributed by atoms with van der Waals surface area (Å²) in [5.74, 6) is 0.744. The third-order valence-electron chi connectivity index (χ3n) is 2.90. The molecule has 0 saturated carbocycles. The summed E-state index contributed by atoms with van der Waals surface area (Å²) in [4.78, 5) is 4.49. The summed E-state index contributed by atoms with van der Waals surface area (Å²) in [6.07, 6.45) is 0. The van der Waals surface area contributed by atoms with Crippen molar-refractivity contribution in [3.8, 4) is 0 Å². The largest absolute Gasteiger partial charge is 0.441 e. The molecule has 88 valence electrons. The summed E-state index contributed by atoms with van der Waals surface area (Å²) >= 11 is 1.91. The molecule has 0 aliphatic rings. The van der Waals surface area contributed by atoms with Crippen LogP contribution in [0.25, 0.3) is 21.2 Å². The average Bonchev–Trinajstić information content (AvgIpc) is 2.76. The quantitative estimate of drug-likeness (QED) is 0.621. The van der Waals surface area contributed by atoms with Crippen molar-refractivity contribution >= 4 is 45.1 Å². The van der Waals surface area contributed by atoms with Crippen LogP contribution < -0.4 is 4.50 Å². The Labute approximate surface area is 105 Å². The van der Waals surface area contributed by atoms with Gasteiger partial charge in [0.15, 0.2) is 11.5 Å². The first kappa shape index (κ1) is 11.0. The summed E-state index contributed by atoms with van der Waals surface area (Å²) < 4.78 is 8.43. The van der Waals surface area contributed by atoms with Crippen LogP contribution in [0.15, 0.2) is 22.6 Å². The minimum Gasteiger partial charge on any atom is -0.441 e. The molecular weight excluding hydrogens is 246 g/mol. The monoisotopic (exact) mass is 261 g/mol. The zero-order valence-corrected chi connectivity index (χ0v) is 12.3. The van der Waals surface area contributed by atoms with E-state index in [1.54, 1.807) is 0 Å². The molecule has 0 aliphatic heterocycles. The van der Waals surface area contributed by atoms with Gasteiger partial charge in [-0.25, -0.2) is 4.98 Å². The van der Waals surface area contributed by atoms with Gasteiger partial charge in [-0.2, -0.15) is 0 Å². The minimum atomic E-state index is -1.24. The van der Waals surface area contributed by atoms with Gasteiger partial charge in [0.1, 0.15) is 5.52 Å². The van der Waals surface area contributed by atoms with Crippen LogP contribution in [0.4, 0.5) is 0 Å². The fourth-order valence-corrected chi connectivity index (χ4v) is 4.93. The van der Waals surface area contributed by atoms with E-state index >= 15 is 0 Å². The van der Waals surface area contributed by atoms with Crippen molar-refractivity contribution in [3.05, 3.63) is 24.1 Å². The van der Waals surface area contributed by atoms with Crippen LogP contribution in [0.2, 0.25) is 19.6 Å². The zero-order chi connectivity index (χ0) is 12.2. The number of hydrogen-bond donors (Lipinski definition) is 0. The van der Waals surface area contributed by atoms with E-state index in [0.717, 1.165) is 17.0 Å². The molecule has 0 aliphatic carbocycles. The Morgan fingerprint density at radius 1 is 1.24 bits per heavy atom. The average molecular weight is 261 g/mol. The first-order valence-electron chi connectivity index (χ1n) is 5.75. The van der Waals surface area contributed by atoms with E-state index in [9.17, 15) is 0 Å². The lowest BCUT2D eigenvalue weighted by Crippen LogP contribution is -2.34. The molecule has 0 atom stereocenters. The van der Waals surface area contributed by atoms with Gasteiger partial charge in [-0.15, -0.1) is 11.3 Å². The molecule has 17 heavy (non-hydrogen) atoms. The molecule has 1 aromatic carbocycles. The molecule has 3 aromatic rings. The lowest BCUT2D eigenvalue weighted by atomic mass is 10.2. The molecule has 0 radical (unpaired) electrons. The molecule has 0 unspecified atom stereocenters. The van der Waals surface area contributed by atoms with E-state index < -0.39 is 8.07 Å². The van der Waals surface area contributed by atoms with Gasteiger partial charge in [-0.1, -0.05) is 19.6 Å². The van der Waals surface area contributed by atoms with Crippen LogP contribution in [0.1, 0.15) is 5.89 Å². The van der Waals surface area contributed by atoms with Crippen LogP contribution in [0, 0.1) is 6.92 Å². The maximum atomic E-state index is 5.58. The maximum Gasteiger partial charge on any atom is 0.192 e. The number of thiophene rings is 1. The fraction of sp³-hybridized carbons (Fsp3) is 0.308. The molecule has 3 rings (SSSR count). The molecule has 0 fully saturated rings. The topological polar surface area (TPSA) is 26.0 Å². The van der Waals surface area contributed by atoms with Gasteiger partial charge in [0.25, 0.3) is 0 Å². The number of rotatable bonds is 1. The molecule has 2 aromatic heterocycles. The number of fused-ring (bicyclic) bond motifs is 3. The number of aromatic nitrogens is 1. The SMILES string of the molecule is Cc1nc2c(ccc3sc([Si](C)(C)C)cc32)o1. The van der Waals surface area contributed by atoms with Crippen molar-refractivity contribution in [1.29, 1.82) is 0 Å². The number of hydrogen-bond acceptors (Lipinski definition) is 3. The number of aryl methyl sites for hydroxylation is 1. The van der Waals surface area contributed by atoms with Gasteiger partial charge >= 0.3 is 0 Å². The molecule has 0 bridgehead atoms. The van der Waals surface area contributed by atoms with Crippen molar-refractivity contribution in [3.63, 3.8) is 0 Å². The van der Waals surface area contributed by atoms with Crippen LogP contribution in [0.5, 0.6) is 0 Å². The molecular formula is C13H15NOSSi. The Balaban J connectivity index is 2.38. The summed E-state index contributed by atoms with van der Waals surface area (Å²) in [7, 11) is -1.24. The number of oxazole rings is 1. The van der Waals surface area contributed by atoms with Gasteiger partial charge in [0.05, 0.1) is 8.07 Å². The van der Waals surface area contributed by atoms with E-state index in [1.165, 1.54) is 14.6 Å². The Morgan fingerprint density at radius 2 is 2.00 bits per heavy atom. The Morgan fingerprint density at radius 3 is 2.71 bits per heavy atom. The van der Waals surface area contributed by atoms with Crippen LogP contribution in [0.3, 0.4) is 0 Å². The highest BCUT2D eigenvalue weighted by molar-refractivity contribution is 7.31. The van der Waals surface area contributed by atoms with Crippen LogP contribution in [-0.4, -0.2) is 13.1 Å². The highest BCUT2D eigenvalue weighted by Gasteiger charge is 2.20. The zero-order valence-electron chi connectivity index (χ0n) is 10.5. The molecule has 0 amide bonds. The van der Waals surface area contributed by atoms with Gasteiger partial charge in [-0.05, 0) is 22.7 Å². The van der Waals surface area contributed by atoms with Crippen molar-refractivity contribution < 1.29 is 4.42 Å². The van der Waals surface area contributed by atoms with Gasteiger partial charge in [-0.3, -0.25) is 0 Å². The lowest BCUT2D eigenvalue weighted by Gasteiger charge is -2.11. The third kappa shape index (κ3) is 1.72. The number of benzene rings is 1. The molecule has 0 N–H and O–H groups in total. The standard InChI is InChI=1S/C13H15NOSSi/c1-8-14-13-9-7-12(17(2,3)4)16-11(9)6-5-10(13)15-8/h5-7H,1-4H3. The molecule has 2 nitrogen and oxygen atoms in total. The van der Waals surface area contributed by atoms with E-state index in [2.05, 4.69) is 36.8 Å². The molecule has 4 heteroatoms. The van der Waals surface area contributed by atoms with Crippen molar-refractivity contribution in [2.45, 2.75) is 26.6 Å². The summed E-state index contributed by atoms with van der Waals surface area (Å²) in [6.45, 7) is 9.03.